The summed E-state index contributed by atoms with van der Waals surface area (Å²) in [6.45, 7) is 0.225. The van der Waals surface area contributed by atoms with Crippen molar-refractivity contribution in [1.29, 1.82) is 5.26 Å². The summed E-state index contributed by atoms with van der Waals surface area (Å²) in [4.78, 5) is 22.9. The highest BCUT2D eigenvalue weighted by Gasteiger charge is 2.40. The molecule has 0 bridgehead atoms. The van der Waals surface area contributed by atoms with Gasteiger partial charge < -0.3 is 11.1 Å². The van der Waals surface area contributed by atoms with Crippen LogP contribution in [0.5, 0.6) is 0 Å². The number of nitrogens with zero attached hydrogens (tertiary/aromatic N) is 2. The average molecular weight is 288 g/mol. The van der Waals surface area contributed by atoms with Crippen molar-refractivity contribution in [1.82, 2.24) is 0 Å². The molecule has 1 aromatic carbocycles. The summed E-state index contributed by atoms with van der Waals surface area (Å²) >= 11 is 0. The van der Waals surface area contributed by atoms with Crippen molar-refractivity contribution in [3.05, 3.63) is 33.9 Å². The van der Waals surface area contributed by atoms with Crippen molar-refractivity contribution in [3.8, 4) is 6.07 Å². The Morgan fingerprint density at radius 3 is 2.67 bits per heavy atom. The van der Waals surface area contributed by atoms with E-state index in [4.69, 9.17) is 11.0 Å². The van der Waals surface area contributed by atoms with Crippen molar-refractivity contribution >= 4 is 17.3 Å². The predicted molar refractivity (Wildman–Crippen MR) is 76.4 cm³/mol. The molecular formula is C14H16N4O3. The number of nitrogens with one attached hydrogen (secondary N) is 1. The number of amides is 1. The summed E-state index contributed by atoms with van der Waals surface area (Å²) in [5.41, 5.74) is 5.08. The van der Waals surface area contributed by atoms with Gasteiger partial charge in [-0.1, -0.05) is 12.8 Å². The van der Waals surface area contributed by atoms with Gasteiger partial charge in [-0.2, -0.15) is 5.26 Å². The molecule has 110 valence electrons. The Balaban J connectivity index is 2.29. The van der Waals surface area contributed by atoms with Crippen LogP contribution in [0.3, 0.4) is 0 Å². The molecular weight excluding hydrogens is 272 g/mol. The highest BCUT2D eigenvalue weighted by Crippen LogP contribution is 2.39. The van der Waals surface area contributed by atoms with Crippen LogP contribution in [0, 0.1) is 26.9 Å². The van der Waals surface area contributed by atoms with E-state index in [1.54, 1.807) is 0 Å². The molecule has 0 atom stereocenters. The number of hydrogen-bond acceptors (Lipinski definition) is 5. The van der Waals surface area contributed by atoms with E-state index in [1.807, 2.05) is 6.07 Å². The maximum absolute atomic E-state index is 12.4. The number of nitro groups is 1. The summed E-state index contributed by atoms with van der Waals surface area (Å²) in [6.07, 6.45) is 3.25. The average Bonchev–Trinajstić information content (AvgIpc) is 2.97. The molecule has 0 aromatic heterocycles. The third-order valence-electron chi connectivity index (χ3n) is 4.00. The van der Waals surface area contributed by atoms with Gasteiger partial charge >= 0.3 is 0 Å². The molecule has 0 unspecified atom stereocenters. The molecule has 7 heteroatoms. The first-order valence-corrected chi connectivity index (χ1v) is 6.72. The normalized spacial score (nSPS) is 16.2. The van der Waals surface area contributed by atoms with Crippen LogP contribution in [0.4, 0.5) is 11.4 Å². The molecule has 1 fully saturated rings. The molecule has 1 aromatic rings. The number of nitrogens with two attached hydrogens (primary N) is 1. The molecule has 1 aliphatic rings. The SMILES string of the molecule is N#Cc1ccc(NC(=O)C2(CN)CCCC2)c([N+](=O)[O-])c1. The summed E-state index contributed by atoms with van der Waals surface area (Å²) in [5, 5.41) is 22.5. The largest absolute Gasteiger partial charge is 0.329 e. The second-order valence-corrected chi connectivity index (χ2v) is 5.25. The third-order valence-corrected chi connectivity index (χ3v) is 4.00. The molecule has 1 amide bonds. The van der Waals surface area contributed by atoms with Gasteiger partial charge in [0.1, 0.15) is 5.69 Å². The van der Waals surface area contributed by atoms with Crippen LogP contribution >= 0.6 is 0 Å². The van der Waals surface area contributed by atoms with Crippen LogP contribution in [0.25, 0.3) is 0 Å². The van der Waals surface area contributed by atoms with Crippen LogP contribution in [0.1, 0.15) is 31.2 Å². The van der Waals surface area contributed by atoms with Crippen LogP contribution < -0.4 is 11.1 Å². The summed E-state index contributed by atoms with van der Waals surface area (Å²) in [6, 6.07) is 5.81. The summed E-state index contributed by atoms with van der Waals surface area (Å²) < 4.78 is 0. The number of nitro benzene ring substituents is 1. The maximum atomic E-state index is 12.4. The van der Waals surface area contributed by atoms with Crippen LogP contribution in [-0.4, -0.2) is 17.4 Å². The van der Waals surface area contributed by atoms with Crippen molar-refractivity contribution in [3.63, 3.8) is 0 Å². The highest BCUT2D eigenvalue weighted by molar-refractivity contribution is 5.97. The van der Waals surface area contributed by atoms with Gasteiger partial charge in [0.05, 0.1) is 22.0 Å². The second kappa shape index (κ2) is 5.89. The molecule has 1 aliphatic carbocycles. The number of anilines is 1. The number of rotatable bonds is 4. The summed E-state index contributed by atoms with van der Waals surface area (Å²) in [7, 11) is 0. The lowest BCUT2D eigenvalue weighted by Crippen LogP contribution is -2.40. The zero-order chi connectivity index (χ0) is 15.5. The Morgan fingerprint density at radius 2 is 2.14 bits per heavy atom. The zero-order valence-electron chi connectivity index (χ0n) is 11.5. The molecule has 21 heavy (non-hydrogen) atoms. The first kappa shape index (κ1) is 14.9. The number of carbonyl (C=O) groups is 1. The van der Waals surface area contributed by atoms with Gasteiger partial charge in [0.15, 0.2) is 0 Å². The lowest BCUT2D eigenvalue weighted by atomic mass is 9.85. The van der Waals surface area contributed by atoms with Crippen LogP contribution in [0.2, 0.25) is 0 Å². The molecule has 7 nitrogen and oxygen atoms in total. The van der Waals surface area contributed by atoms with E-state index >= 15 is 0 Å². The van der Waals surface area contributed by atoms with Gasteiger partial charge in [-0.25, -0.2) is 0 Å². The predicted octanol–water partition coefficient (Wildman–Crippen LogP) is 1.92. The van der Waals surface area contributed by atoms with Crippen molar-refractivity contribution in [2.45, 2.75) is 25.7 Å². The van der Waals surface area contributed by atoms with Crippen LogP contribution in [-0.2, 0) is 4.79 Å². The molecule has 0 radical (unpaired) electrons. The first-order chi connectivity index (χ1) is 10.0. The number of hydrogen-bond donors (Lipinski definition) is 2. The lowest BCUT2D eigenvalue weighted by molar-refractivity contribution is -0.384. The maximum Gasteiger partial charge on any atom is 0.294 e. The Bertz CT molecular complexity index is 615. The molecule has 2 rings (SSSR count). The minimum absolute atomic E-state index is 0.101. The smallest absolute Gasteiger partial charge is 0.294 e. The first-order valence-electron chi connectivity index (χ1n) is 6.72. The van der Waals surface area contributed by atoms with Gasteiger partial charge in [-0.15, -0.1) is 0 Å². The van der Waals surface area contributed by atoms with Gasteiger partial charge in [0.2, 0.25) is 5.91 Å². The van der Waals surface area contributed by atoms with Crippen LogP contribution in [0.15, 0.2) is 18.2 Å². The van der Waals surface area contributed by atoms with E-state index in [-0.39, 0.29) is 29.4 Å². The number of benzene rings is 1. The Hall–Kier alpha value is -2.46. The lowest BCUT2D eigenvalue weighted by Gasteiger charge is -2.25. The highest BCUT2D eigenvalue weighted by atomic mass is 16.6. The van der Waals surface area contributed by atoms with Gasteiger partial charge in [0.25, 0.3) is 5.69 Å². The fourth-order valence-corrected chi connectivity index (χ4v) is 2.69. The van der Waals surface area contributed by atoms with E-state index in [0.29, 0.717) is 12.8 Å². The quantitative estimate of drug-likeness (QED) is 0.647. The topological polar surface area (TPSA) is 122 Å². The van der Waals surface area contributed by atoms with Crippen molar-refractivity contribution in [2.24, 2.45) is 11.1 Å². The van der Waals surface area contributed by atoms with Crippen molar-refractivity contribution < 1.29 is 9.72 Å². The number of nitriles is 1. The van der Waals surface area contributed by atoms with Gasteiger partial charge in [0, 0.05) is 12.6 Å². The molecule has 0 heterocycles. The molecule has 1 saturated carbocycles. The summed E-state index contributed by atoms with van der Waals surface area (Å²) in [5.74, 6) is -0.282. The van der Waals surface area contributed by atoms with E-state index in [9.17, 15) is 14.9 Å². The van der Waals surface area contributed by atoms with Crippen molar-refractivity contribution in [2.75, 3.05) is 11.9 Å². The second-order valence-electron chi connectivity index (χ2n) is 5.25. The van der Waals surface area contributed by atoms with E-state index in [1.165, 1.54) is 12.1 Å². The minimum Gasteiger partial charge on any atom is -0.329 e. The van der Waals surface area contributed by atoms with Gasteiger partial charge in [-0.05, 0) is 25.0 Å². The standard InChI is InChI=1S/C14H16N4O3/c15-8-10-3-4-11(12(7-10)18(20)21)17-13(19)14(9-16)5-1-2-6-14/h3-4,7H,1-2,5-6,9,16H2,(H,17,19). The molecule has 0 saturated heterocycles. The monoisotopic (exact) mass is 288 g/mol. The zero-order valence-corrected chi connectivity index (χ0v) is 11.5. The Morgan fingerprint density at radius 1 is 1.48 bits per heavy atom. The minimum atomic E-state index is -0.637. The number of carbonyl (C=O) groups excluding carboxylic acids is 1. The van der Waals surface area contributed by atoms with Gasteiger partial charge in [-0.3, -0.25) is 14.9 Å². The fourth-order valence-electron chi connectivity index (χ4n) is 2.69. The molecule has 3 N–H and O–H groups in total. The van der Waals surface area contributed by atoms with E-state index in [0.717, 1.165) is 18.9 Å². The van der Waals surface area contributed by atoms with E-state index < -0.39 is 10.3 Å². The molecule has 0 aliphatic heterocycles. The fraction of sp³-hybridized carbons (Fsp3) is 0.429. The molecule has 0 spiro atoms. The Kier molecular flexibility index (Phi) is 4.19. The third kappa shape index (κ3) is 2.85. The van der Waals surface area contributed by atoms with E-state index in [2.05, 4.69) is 5.32 Å². The Labute approximate surface area is 121 Å².